The largest absolute Gasteiger partial charge is 0.369 e. The van der Waals surface area contributed by atoms with Crippen LogP contribution in [0.3, 0.4) is 0 Å². The van der Waals surface area contributed by atoms with Crippen LogP contribution in [0.4, 0.5) is 10.1 Å². The number of halogens is 1. The number of thioether (sulfide) groups is 2. The van der Waals surface area contributed by atoms with Gasteiger partial charge in [0.1, 0.15) is 12.1 Å². The maximum absolute atomic E-state index is 13.1. The second kappa shape index (κ2) is 10.3. The first-order valence-corrected chi connectivity index (χ1v) is 11.9. The summed E-state index contributed by atoms with van der Waals surface area (Å²) in [6.45, 7) is 7.23. The standard InChI is InChI=1S/C21H25FN6S2/c1-16-19(14-30-21-24-15-25-26-21)23-7-6-20(16)29-13-12-27-8-10-28(11-9-27)18-4-2-17(22)3-5-18/h2-7,15H,8-14H2,1H3,(H,24,25,26). The number of hydrogen-bond acceptors (Lipinski definition) is 7. The molecule has 0 spiro atoms. The number of aromatic nitrogens is 4. The zero-order chi connectivity index (χ0) is 20.8. The molecule has 6 nitrogen and oxygen atoms in total. The summed E-state index contributed by atoms with van der Waals surface area (Å²) >= 11 is 3.51. The van der Waals surface area contributed by atoms with E-state index in [9.17, 15) is 4.39 Å². The molecular formula is C21H25FN6S2. The third-order valence-corrected chi connectivity index (χ3v) is 7.25. The van der Waals surface area contributed by atoms with E-state index in [4.69, 9.17) is 0 Å². The van der Waals surface area contributed by atoms with Crippen LogP contribution in [-0.2, 0) is 5.75 Å². The van der Waals surface area contributed by atoms with Gasteiger partial charge in [-0.1, -0.05) is 11.8 Å². The molecule has 158 valence electrons. The van der Waals surface area contributed by atoms with Crippen LogP contribution >= 0.6 is 23.5 Å². The van der Waals surface area contributed by atoms with Gasteiger partial charge in [0.05, 0.1) is 5.69 Å². The molecule has 0 radical (unpaired) electrons. The Morgan fingerprint density at radius 3 is 2.57 bits per heavy atom. The molecule has 0 bridgehead atoms. The van der Waals surface area contributed by atoms with Crippen LogP contribution in [0.5, 0.6) is 0 Å². The minimum atomic E-state index is -0.180. The molecule has 30 heavy (non-hydrogen) atoms. The first-order chi connectivity index (χ1) is 14.7. The van der Waals surface area contributed by atoms with Gasteiger partial charge in [0.25, 0.3) is 0 Å². The Balaban J connectivity index is 1.23. The number of anilines is 1. The van der Waals surface area contributed by atoms with Gasteiger partial charge in [-0.2, -0.15) is 5.10 Å². The SMILES string of the molecule is Cc1c(SCCN2CCN(c3ccc(F)cc3)CC2)ccnc1CSc1ncn[nH]1. The van der Waals surface area contributed by atoms with Gasteiger partial charge in [-0.05, 0) is 42.8 Å². The highest BCUT2D eigenvalue weighted by Gasteiger charge is 2.17. The fraction of sp³-hybridized carbons (Fsp3) is 0.381. The summed E-state index contributed by atoms with van der Waals surface area (Å²) < 4.78 is 13.1. The monoisotopic (exact) mass is 444 g/mol. The lowest BCUT2D eigenvalue weighted by Gasteiger charge is -2.36. The maximum atomic E-state index is 13.1. The van der Waals surface area contributed by atoms with Crippen molar-refractivity contribution in [2.75, 3.05) is 43.4 Å². The predicted octanol–water partition coefficient (Wildman–Crippen LogP) is 3.85. The van der Waals surface area contributed by atoms with Crippen molar-refractivity contribution in [2.24, 2.45) is 0 Å². The summed E-state index contributed by atoms with van der Waals surface area (Å²) in [6, 6.07) is 8.91. The molecule has 1 aliphatic heterocycles. The molecule has 0 atom stereocenters. The van der Waals surface area contributed by atoms with Crippen LogP contribution < -0.4 is 4.90 Å². The van der Waals surface area contributed by atoms with Gasteiger partial charge in [0.2, 0.25) is 0 Å². The van der Waals surface area contributed by atoms with Crippen LogP contribution in [-0.4, -0.2) is 63.5 Å². The number of H-pyrrole nitrogens is 1. The highest BCUT2D eigenvalue weighted by atomic mass is 32.2. The van der Waals surface area contributed by atoms with Crippen LogP contribution in [0, 0.1) is 12.7 Å². The minimum Gasteiger partial charge on any atom is -0.369 e. The molecule has 3 aromatic rings. The highest BCUT2D eigenvalue weighted by molar-refractivity contribution is 7.99. The van der Waals surface area contributed by atoms with E-state index in [0.717, 1.165) is 60.8 Å². The lowest BCUT2D eigenvalue weighted by molar-refractivity contribution is 0.273. The third-order valence-electron chi connectivity index (χ3n) is 5.23. The normalized spacial score (nSPS) is 14.9. The van der Waals surface area contributed by atoms with E-state index in [1.165, 1.54) is 28.9 Å². The molecule has 2 aromatic heterocycles. The van der Waals surface area contributed by atoms with Crippen molar-refractivity contribution >= 4 is 29.2 Å². The van der Waals surface area contributed by atoms with Gasteiger partial charge in [-0.25, -0.2) is 9.37 Å². The van der Waals surface area contributed by atoms with Gasteiger partial charge in [-0.15, -0.1) is 11.8 Å². The number of benzene rings is 1. The molecule has 0 saturated carbocycles. The van der Waals surface area contributed by atoms with E-state index in [1.54, 1.807) is 11.8 Å². The molecule has 1 fully saturated rings. The molecule has 0 unspecified atom stereocenters. The molecule has 1 aromatic carbocycles. The summed E-state index contributed by atoms with van der Waals surface area (Å²) in [5.41, 5.74) is 3.44. The Kier molecular flexibility index (Phi) is 7.24. The zero-order valence-corrected chi connectivity index (χ0v) is 18.6. The fourth-order valence-electron chi connectivity index (χ4n) is 3.43. The number of aromatic amines is 1. The van der Waals surface area contributed by atoms with E-state index in [2.05, 4.69) is 43.0 Å². The van der Waals surface area contributed by atoms with Gasteiger partial charge in [-0.3, -0.25) is 15.0 Å². The number of nitrogens with one attached hydrogen (secondary N) is 1. The lowest BCUT2D eigenvalue weighted by Crippen LogP contribution is -2.47. The smallest absolute Gasteiger partial charge is 0.183 e. The summed E-state index contributed by atoms with van der Waals surface area (Å²) in [7, 11) is 0. The minimum absolute atomic E-state index is 0.180. The molecule has 9 heteroatoms. The Hall–Kier alpha value is -2.10. The van der Waals surface area contributed by atoms with Crippen molar-refractivity contribution in [1.29, 1.82) is 0 Å². The number of hydrogen-bond donors (Lipinski definition) is 1. The van der Waals surface area contributed by atoms with Crippen molar-refractivity contribution in [3.63, 3.8) is 0 Å². The average molecular weight is 445 g/mol. The summed E-state index contributed by atoms with van der Waals surface area (Å²) in [6.07, 6.45) is 3.42. The van der Waals surface area contributed by atoms with Crippen LogP contribution in [0.15, 0.2) is 52.9 Å². The Morgan fingerprint density at radius 2 is 1.83 bits per heavy atom. The Bertz CT molecular complexity index is 927. The first kappa shape index (κ1) is 21.1. The Labute approximate surface area is 184 Å². The van der Waals surface area contributed by atoms with Crippen molar-refractivity contribution < 1.29 is 4.39 Å². The summed E-state index contributed by atoms with van der Waals surface area (Å²) in [4.78, 5) is 14.8. The fourth-order valence-corrected chi connectivity index (χ4v) is 5.29. The van der Waals surface area contributed by atoms with Gasteiger partial charge >= 0.3 is 0 Å². The molecular weight excluding hydrogens is 419 g/mol. The van der Waals surface area contributed by atoms with E-state index in [0.29, 0.717) is 0 Å². The van der Waals surface area contributed by atoms with Crippen LogP contribution in [0.25, 0.3) is 0 Å². The first-order valence-electron chi connectivity index (χ1n) is 9.97. The number of rotatable bonds is 8. The number of pyridine rings is 1. The Morgan fingerprint density at radius 1 is 1.03 bits per heavy atom. The number of piperazine rings is 1. The molecule has 3 heterocycles. The topological polar surface area (TPSA) is 60.9 Å². The van der Waals surface area contributed by atoms with Crippen LogP contribution in [0.1, 0.15) is 11.3 Å². The van der Waals surface area contributed by atoms with Crippen molar-refractivity contribution in [1.82, 2.24) is 25.1 Å². The second-order valence-corrected chi connectivity index (χ2v) is 9.21. The second-order valence-electron chi connectivity index (χ2n) is 7.11. The summed E-state index contributed by atoms with van der Waals surface area (Å²) in [5.74, 6) is 1.65. The molecule has 1 N–H and O–H groups in total. The third kappa shape index (κ3) is 5.53. The average Bonchev–Trinajstić information content (AvgIpc) is 3.29. The van der Waals surface area contributed by atoms with Crippen LogP contribution in [0.2, 0.25) is 0 Å². The van der Waals surface area contributed by atoms with Gasteiger partial charge in [0.15, 0.2) is 5.16 Å². The zero-order valence-electron chi connectivity index (χ0n) is 16.9. The molecule has 1 saturated heterocycles. The maximum Gasteiger partial charge on any atom is 0.183 e. The van der Waals surface area contributed by atoms with Gasteiger partial charge in [0, 0.05) is 61.0 Å². The molecule has 0 aliphatic carbocycles. The number of nitrogens with zero attached hydrogens (tertiary/aromatic N) is 5. The van der Waals surface area contributed by atoms with Crippen molar-refractivity contribution in [3.05, 3.63) is 59.9 Å². The predicted molar refractivity (Wildman–Crippen MR) is 121 cm³/mol. The van der Waals surface area contributed by atoms with E-state index in [-0.39, 0.29) is 5.82 Å². The summed E-state index contributed by atoms with van der Waals surface area (Å²) in [5, 5.41) is 7.57. The highest BCUT2D eigenvalue weighted by Crippen LogP contribution is 2.27. The molecule has 4 rings (SSSR count). The van der Waals surface area contributed by atoms with Gasteiger partial charge < -0.3 is 4.90 Å². The van der Waals surface area contributed by atoms with E-state index >= 15 is 0 Å². The lowest BCUT2D eigenvalue weighted by atomic mass is 10.2. The molecule has 1 aliphatic rings. The van der Waals surface area contributed by atoms with Crippen molar-refractivity contribution in [2.45, 2.75) is 22.7 Å². The quantitative estimate of drug-likeness (QED) is 0.530. The van der Waals surface area contributed by atoms with Crippen molar-refractivity contribution in [3.8, 4) is 0 Å². The van der Waals surface area contributed by atoms with E-state index < -0.39 is 0 Å². The molecule has 0 amide bonds. The van der Waals surface area contributed by atoms with E-state index in [1.807, 2.05) is 30.1 Å².